The van der Waals surface area contributed by atoms with Crippen LogP contribution in [0.1, 0.15) is 24.7 Å². The van der Waals surface area contributed by atoms with E-state index in [0.29, 0.717) is 0 Å². The Morgan fingerprint density at radius 2 is 2.00 bits per heavy atom. The molecule has 0 aliphatic carbocycles. The molecule has 1 aromatic heterocycles. The van der Waals surface area contributed by atoms with Crippen LogP contribution >= 0.6 is 0 Å². The molecule has 2 saturated heterocycles. The quantitative estimate of drug-likeness (QED) is 0.853. The van der Waals surface area contributed by atoms with Gasteiger partial charge < -0.3 is 9.64 Å². The highest BCUT2D eigenvalue weighted by Crippen LogP contribution is 2.36. The minimum absolute atomic E-state index is 0.00436. The largest absolute Gasteiger partial charge is 0.363 e. The van der Waals surface area contributed by atoms with Crippen LogP contribution in [0.2, 0.25) is 0 Å². The number of piperidine rings is 1. The number of carbonyl (C=O) groups is 1. The van der Waals surface area contributed by atoms with E-state index in [-0.39, 0.29) is 24.2 Å². The lowest BCUT2D eigenvalue weighted by Crippen LogP contribution is -2.67. The number of anilines is 1. The molecule has 0 N–H and O–H groups in total. The number of morpholine rings is 1. The second-order valence-corrected chi connectivity index (χ2v) is 7.47. The van der Waals surface area contributed by atoms with Crippen LogP contribution in [0.4, 0.5) is 5.69 Å². The number of rotatable bonds is 3. The molecule has 0 radical (unpaired) electrons. The van der Waals surface area contributed by atoms with Crippen LogP contribution in [0.3, 0.4) is 0 Å². The Bertz CT molecular complexity index is 795. The zero-order valence-corrected chi connectivity index (χ0v) is 15.4. The number of ether oxygens (including phenoxy) is 1. The number of fused-ring (bicyclic) bond motifs is 1. The van der Waals surface area contributed by atoms with Gasteiger partial charge in [-0.1, -0.05) is 24.3 Å². The van der Waals surface area contributed by atoms with E-state index in [4.69, 9.17) is 4.74 Å². The number of amides is 1. The van der Waals surface area contributed by atoms with E-state index in [0.717, 1.165) is 43.1 Å². The minimum Gasteiger partial charge on any atom is -0.363 e. The summed E-state index contributed by atoms with van der Waals surface area (Å²) in [5.41, 5.74) is 2.75. The van der Waals surface area contributed by atoms with Gasteiger partial charge in [0.05, 0.1) is 17.3 Å². The van der Waals surface area contributed by atoms with Crippen LogP contribution in [-0.4, -0.2) is 47.1 Å². The Morgan fingerprint density at radius 1 is 1.19 bits per heavy atom. The predicted octanol–water partition coefficient (Wildman–Crippen LogP) is 2.79. The van der Waals surface area contributed by atoms with E-state index in [9.17, 15) is 4.79 Å². The van der Waals surface area contributed by atoms with Crippen molar-refractivity contribution in [3.63, 3.8) is 0 Å². The molecule has 2 fully saturated rings. The number of pyridine rings is 1. The third-order valence-corrected chi connectivity index (χ3v) is 5.53. The lowest BCUT2D eigenvalue weighted by molar-refractivity contribution is -0.150. The Kier molecular flexibility index (Phi) is 4.51. The van der Waals surface area contributed by atoms with Crippen LogP contribution in [-0.2, 0) is 16.1 Å². The molecule has 4 rings (SSSR count). The summed E-state index contributed by atoms with van der Waals surface area (Å²) < 4.78 is 6.02. The van der Waals surface area contributed by atoms with Crippen molar-refractivity contribution in [1.82, 2.24) is 9.88 Å². The lowest BCUT2D eigenvalue weighted by atomic mass is 9.85. The highest BCUT2D eigenvalue weighted by molar-refractivity contribution is 5.96. The first-order chi connectivity index (χ1) is 12.5. The number of benzene rings is 1. The fraction of sp³-hybridized carbons (Fsp3) is 0.429. The van der Waals surface area contributed by atoms with Crippen molar-refractivity contribution in [2.75, 3.05) is 24.6 Å². The summed E-state index contributed by atoms with van der Waals surface area (Å²) in [6.07, 6.45) is 0.903. The van der Waals surface area contributed by atoms with Crippen molar-refractivity contribution in [3.05, 3.63) is 59.9 Å². The molecule has 136 valence electrons. The number of hydrogen-bond donors (Lipinski definition) is 0. The number of aryl methyl sites for hydroxylation is 1. The third kappa shape index (κ3) is 3.24. The van der Waals surface area contributed by atoms with Crippen molar-refractivity contribution < 1.29 is 9.53 Å². The van der Waals surface area contributed by atoms with Crippen molar-refractivity contribution in [2.45, 2.75) is 38.5 Å². The van der Waals surface area contributed by atoms with Gasteiger partial charge in [-0.15, -0.1) is 0 Å². The molecule has 1 aromatic carbocycles. The molecule has 5 heteroatoms. The van der Waals surface area contributed by atoms with Gasteiger partial charge in [0.15, 0.2) is 0 Å². The topological polar surface area (TPSA) is 45.7 Å². The highest BCUT2D eigenvalue weighted by atomic mass is 16.5. The molecule has 26 heavy (non-hydrogen) atoms. The van der Waals surface area contributed by atoms with Crippen molar-refractivity contribution in [2.24, 2.45) is 0 Å². The van der Waals surface area contributed by atoms with E-state index in [2.05, 4.69) is 28.9 Å². The summed E-state index contributed by atoms with van der Waals surface area (Å²) in [4.78, 5) is 21.6. The zero-order chi connectivity index (χ0) is 18.1. The van der Waals surface area contributed by atoms with Gasteiger partial charge in [0.2, 0.25) is 0 Å². The number of aromatic nitrogens is 1. The van der Waals surface area contributed by atoms with Crippen LogP contribution < -0.4 is 4.90 Å². The predicted molar refractivity (Wildman–Crippen MR) is 101 cm³/mol. The third-order valence-electron chi connectivity index (χ3n) is 5.53. The molecule has 1 amide bonds. The molecule has 3 heterocycles. The van der Waals surface area contributed by atoms with Gasteiger partial charge in [0.1, 0.15) is 6.61 Å². The number of para-hydroxylation sites is 1. The van der Waals surface area contributed by atoms with Crippen LogP contribution in [0.15, 0.2) is 48.5 Å². The van der Waals surface area contributed by atoms with Crippen LogP contribution in [0.25, 0.3) is 0 Å². The van der Waals surface area contributed by atoms with E-state index in [1.807, 2.05) is 48.2 Å². The maximum Gasteiger partial charge on any atom is 0.253 e. The zero-order valence-electron chi connectivity index (χ0n) is 15.4. The normalized spacial score (nSPS) is 26.6. The van der Waals surface area contributed by atoms with Crippen molar-refractivity contribution >= 4 is 11.6 Å². The molecular weight excluding hydrogens is 326 g/mol. The number of carbonyl (C=O) groups excluding carboxylic acids is 1. The maximum absolute atomic E-state index is 12.7. The minimum atomic E-state index is -0.305. The molecular formula is C21H25N3O2. The monoisotopic (exact) mass is 351 g/mol. The van der Waals surface area contributed by atoms with E-state index in [1.165, 1.54) is 0 Å². The summed E-state index contributed by atoms with van der Waals surface area (Å²) in [5, 5.41) is 0. The molecule has 0 saturated carbocycles. The molecule has 2 atom stereocenters. The average Bonchev–Trinajstić information content (AvgIpc) is 2.64. The first kappa shape index (κ1) is 17.2. The first-order valence-corrected chi connectivity index (χ1v) is 9.21. The number of hydrogen-bond acceptors (Lipinski definition) is 4. The SMILES string of the molecule is Cc1cccc(CN2CC[C@@]3(C)OCC(=O)N(c4ccccc4)[C@@H]3C2)n1. The fourth-order valence-electron chi connectivity index (χ4n) is 4.04. The Hall–Kier alpha value is -2.24. The second-order valence-electron chi connectivity index (χ2n) is 7.47. The molecule has 2 aromatic rings. The maximum atomic E-state index is 12.7. The van der Waals surface area contributed by atoms with E-state index in [1.54, 1.807) is 0 Å². The Morgan fingerprint density at radius 3 is 2.77 bits per heavy atom. The van der Waals surface area contributed by atoms with Gasteiger partial charge in [-0.2, -0.15) is 0 Å². The van der Waals surface area contributed by atoms with Crippen LogP contribution in [0.5, 0.6) is 0 Å². The lowest BCUT2D eigenvalue weighted by Gasteiger charge is -2.52. The average molecular weight is 351 g/mol. The summed E-state index contributed by atoms with van der Waals surface area (Å²) in [6.45, 7) is 6.84. The summed E-state index contributed by atoms with van der Waals surface area (Å²) in [6, 6.07) is 16.1. The smallest absolute Gasteiger partial charge is 0.253 e. The molecule has 5 nitrogen and oxygen atoms in total. The van der Waals surface area contributed by atoms with E-state index < -0.39 is 0 Å². The summed E-state index contributed by atoms with van der Waals surface area (Å²) >= 11 is 0. The van der Waals surface area contributed by atoms with E-state index >= 15 is 0 Å². The van der Waals surface area contributed by atoms with Gasteiger partial charge in [-0.25, -0.2) is 0 Å². The first-order valence-electron chi connectivity index (χ1n) is 9.21. The second kappa shape index (κ2) is 6.82. The van der Waals surface area contributed by atoms with Gasteiger partial charge in [0.25, 0.3) is 5.91 Å². The van der Waals surface area contributed by atoms with Gasteiger partial charge >= 0.3 is 0 Å². The van der Waals surface area contributed by atoms with Gasteiger partial charge in [-0.3, -0.25) is 14.7 Å². The van der Waals surface area contributed by atoms with Crippen LogP contribution in [0, 0.1) is 6.92 Å². The fourth-order valence-corrected chi connectivity index (χ4v) is 4.04. The molecule has 0 unspecified atom stereocenters. The van der Waals surface area contributed by atoms with Crippen molar-refractivity contribution in [3.8, 4) is 0 Å². The molecule has 0 bridgehead atoms. The Balaban J connectivity index is 1.59. The van der Waals surface area contributed by atoms with Gasteiger partial charge in [-0.05, 0) is 44.5 Å². The Labute approximate surface area is 154 Å². The standard InChI is InChI=1S/C21H25N3O2/c1-16-7-6-8-17(22-16)13-23-12-11-21(2)19(14-23)24(20(25)15-26-21)18-9-4-3-5-10-18/h3-10,19H,11-15H2,1-2H3/t19-,21-/m1/s1. The number of likely N-dealkylation sites (tertiary alicyclic amines) is 1. The number of nitrogens with zero attached hydrogens (tertiary/aromatic N) is 3. The summed E-state index contributed by atoms with van der Waals surface area (Å²) in [5.74, 6) is 0.0363. The highest BCUT2D eigenvalue weighted by Gasteiger charge is 2.49. The van der Waals surface area contributed by atoms with Gasteiger partial charge in [0, 0.05) is 31.0 Å². The molecule has 2 aliphatic rings. The molecule has 2 aliphatic heterocycles. The molecule has 0 spiro atoms. The summed E-state index contributed by atoms with van der Waals surface area (Å²) in [7, 11) is 0. The van der Waals surface area contributed by atoms with Crippen molar-refractivity contribution in [1.29, 1.82) is 0 Å².